The first-order valence-corrected chi connectivity index (χ1v) is 9.21. The average Bonchev–Trinajstić information content (AvgIpc) is 2.73. The molecular weight excluding hydrogens is 393 g/mol. The van der Waals surface area contributed by atoms with Gasteiger partial charge in [-0.25, -0.2) is 14.2 Å². The Morgan fingerprint density at radius 2 is 1.73 bits per heavy atom. The topological polar surface area (TPSA) is 107 Å². The number of aromatic nitrogens is 1. The second-order valence-corrected chi connectivity index (χ2v) is 6.54. The van der Waals surface area contributed by atoms with Crippen molar-refractivity contribution < 1.29 is 28.2 Å². The third kappa shape index (κ3) is 6.54. The molecule has 8 nitrogen and oxygen atoms in total. The van der Waals surface area contributed by atoms with Gasteiger partial charge in [-0.2, -0.15) is 0 Å². The van der Waals surface area contributed by atoms with Crippen molar-refractivity contribution in [1.29, 1.82) is 0 Å². The summed E-state index contributed by atoms with van der Waals surface area (Å²) >= 11 is 0. The molecule has 0 aliphatic carbocycles. The monoisotopic (exact) mass is 417 g/mol. The highest BCUT2D eigenvalue weighted by atomic mass is 19.1. The number of hydrogen-bond donors (Lipinski definition) is 2. The van der Waals surface area contributed by atoms with E-state index in [1.807, 2.05) is 0 Å². The first kappa shape index (κ1) is 22.8. The lowest BCUT2D eigenvalue weighted by Crippen LogP contribution is -2.53. The minimum Gasteiger partial charge on any atom is -0.481 e. The number of nitrogens with zero attached hydrogens (tertiary/aromatic N) is 1. The number of methoxy groups -OCH3 is 2. The molecule has 9 heteroatoms. The number of amides is 2. The molecule has 0 saturated carbocycles. The Morgan fingerprint density at radius 3 is 2.33 bits per heavy atom. The van der Waals surface area contributed by atoms with Gasteiger partial charge < -0.3 is 20.1 Å². The van der Waals surface area contributed by atoms with Crippen LogP contribution in [0.25, 0.3) is 0 Å². The largest absolute Gasteiger partial charge is 0.481 e. The molecule has 0 aliphatic rings. The predicted octanol–water partition coefficient (Wildman–Crippen LogP) is 1.18. The maximum Gasteiger partial charge on any atom is 0.328 e. The van der Waals surface area contributed by atoms with Gasteiger partial charge >= 0.3 is 5.97 Å². The Hall–Kier alpha value is -3.49. The highest BCUT2D eigenvalue weighted by Crippen LogP contribution is 2.16. The van der Waals surface area contributed by atoms with Crippen molar-refractivity contribution in [1.82, 2.24) is 15.6 Å². The summed E-state index contributed by atoms with van der Waals surface area (Å²) in [4.78, 5) is 40.8. The third-order valence-electron chi connectivity index (χ3n) is 4.32. The minimum atomic E-state index is -1.02. The number of rotatable bonds is 9. The summed E-state index contributed by atoms with van der Waals surface area (Å²) in [5.41, 5.74) is 1.25. The number of hydrogen-bond acceptors (Lipinski definition) is 6. The van der Waals surface area contributed by atoms with Crippen molar-refractivity contribution >= 4 is 17.8 Å². The maximum absolute atomic E-state index is 13.1. The third-order valence-corrected chi connectivity index (χ3v) is 4.32. The molecule has 1 aromatic heterocycles. The summed E-state index contributed by atoms with van der Waals surface area (Å²) in [5, 5.41) is 5.18. The van der Waals surface area contributed by atoms with Gasteiger partial charge in [-0.05, 0) is 23.8 Å². The Balaban J connectivity index is 2.19. The van der Waals surface area contributed by atoms with Crippen LogP contribution in [-0.4, -0.2) is 49.1 Å². The van der Waals surface area contributed by atoms with Gasteiger partial charge in [0, 0.05) is 31.5 Å². The van der Waals surface area contributed by atoms with Crippen molar-refractivity contribution in [3.8, 4) is 5.88 Å². The molecule has 0 fully saturated rings. The summed E-state index contributed by atoms with van der Waals surface area (Å²) in [7, 11) is 2.67. The zero-order valence-corrected chi connectivity index (χ0v) is 17.0. The quantitative estimate of drug-likeness (QED) is 0.594. The highest BCUT2D eigenvalue weighted by Gasteiger charge is 2.28. The number of halogens is 1. The molecule has 2 amide bonds. The maximum atomic E-state index is 13.1. The Morgan fingerprint density at radius 1 is 1.03 bits per heavy atom. The van der Waals surface area contributed by atoms with Crippen LogP contribution in [0.4, 0.5) is 4.39 Å². The fourth-order valence-electron chi connectivity index (χ4n) is 2.90. The lowest BCUT2D eigenvalue weighted by molar-refractivity contribution is -0.145. The summed E-state index contributed by atoms with van der Waals surface area (Å²) in [6, 6.07) is 7.00. The number of carbonyl (C=O) groups is 3. The van der Waals surface area contributed by atoms with Crippen LogP contribution in [-0.2, 0) is 32.0 Å². The second kappa shape index (κ2) is 10.9. The van der Waals surface area contributed by atoms with Crippen LogP contribution in [0.3, 0.4) is 0 Å². The molecule has 0 radical (unpaired) electrons. The molecule has 0 unspecified atom stereocenters. The highest BCUT2D eigenvalue weighted by molar-refractivity contribution is 5.90. The lowest BCUT2D eigenvalue weighted by atomic mass is 10.0. The molecule has 0 bridgehead atoms. The lowest BCUT2D eigenvalue weighted by Gasteiger charge is -2.22. The van der Waals surface area contributed by atoms with E-state index in [2.05, 4.69) is 15.6 Å². The summed E-state index contributed by atoms with van der Waals surface area (Å²) in [5.74, 6) is -1.73. The van der Waals surface area contributed by atoms with E-state index in [0.717, 1.165) is 0 Å². The summed E-state index contributed by atoms with van der Waals surface area (Å²) in [6.45, 7) is 1.28. The average molecular weight is 417 g/mol. The summed E-state index contributed by atoms with van der Waals surface area (Å²) < 4.78 is 23.1. The van der Waals surface area contributed by atoms with Gasteiger partial charge in [0.25, 0.3) is 0 Å². The number of pyridine rings is 1. The molecule has 2 atom stereocenters. The van der Waals surface area contributed by atoms with Crippen LogP contribution < -0.4 is 15.4 Å². The molecule has 0 saturated heterocycles. The minimum absolute atomic E-state index is 0.0821. The molecule has 1 aromatic carbocycles. The smallest absolute Gasteiger partial charge is 0.328 e. The predicted molar refractivity (Wildman–Crippen MR) is 106 cm³/mol. The van der Waals surface area contributed by atoms with Crippen molar-refractivity contribution in [2.24, 2.45) is 0 Å². The zero-order valence-electron chi connectivity index (χ0n) is 17.0. The molecular formula is C21H24FN3O5. The van der Waals surface area contributed by atoms with Gasteiger partial charge in [-0.15, -0.1) is 0 Å². The van der Waals surface area contributed by atoms with Crippen molar-refractivity contribution in [3.63, 3.8) is 0 Å². The first-order chi connectivity index (χ1) is 14.3. The van der Waals surface area contributed by atoms with E-state index >= 15 is 0 Å². The Kier molecular flexibility index (Phi) is 8.28. The molecule has 160 valence electrons. The number of esters is 1. The van der Waals surface area contributed by atoms with E-state index in [1.165, 1.54) is 45.4 Å². The molecule has 0 aliphatic heterocycles. The first-order valence-electron chi connectivity index (χ1n) is 9.21. The van der Waals surface area contributed by atoms with Gasteiger partial charge in [0.2, 0.25) is 17.7 Å². The number of carbonyl (C=O) groups excluding carboxylic acids is 3. The van der Waals surface area contributed by atoms with Crippen LogP contribution in [0.1, 0.15) is 18.1 Å². The Bertz CT molecular complexity index is 888. The SMILES string of the molecule is COC(=O)[C@H](Cc1cccnc1OC)NC(=O)[C@H](Cc1ccc(F)cc1)NC(C)=O. The van der Waals surface area contributed by atoms with E-state index in [1.54, 1.807) is 18.3 Å². The van der Waals surface area contributed by atoms with Gasteiger partial charge in [0.15, 0.2) is 0 Å². The van der Waals surface area contributed by atoms with Crippen molar-refractivity contribution in [3.05, 3.63) is 59.5 Å². The van der Waals surface area contributed by atoms with Crippen molar-refractivity contribution in [2.45, 2.75) is 31.8 Å². The molecule has 1 heterocycles. The van der Waals surface area contributed by atoms with Crippen LogP contribution in [0.15, 0.2) is 42.6 Å². The Labute approximate surface area is 173 Å². The van der Waals surface area contributed by atoms with E-state index in [4.69, 9.17) is 9.47 Å². The number of nitrogens with one attached hydrogen (secondary N) is 2. The van der Waals surface area contributed by atoms with E-state index in [-0.39, 0.29) is 12.8 Å². The normalized spacial score (nSPS) is 12.4. The van der Waals surface area contributed by atoms with Crippen LogP contribution in [0.2, 0.25) is 0 Å². The van der Waals surface area contributed by atoms with Crippen LogP contribution in [0, 0.1) is 5.82 Å². The second-order valence-electron chi connectivity index (χ2n) is 6.54. The zero-order chi connectivity index (χ0) is 22.1. The van der Waals surface area contributed by atoms with Gasteiger partial charge in [0.1, 0.15) is 17.9 Å². The van der Waals surface area contributed by atoms with Crippen LogP contribution in [0.5, 0.6) is 5.88 Å². The summed E-state index contributed by atoms with van der Waals surface area (Å²) in [6.07, 6.45) is 1.75. The molecule has 30 heavy (non-hydrogen) atoms. The van der Waals surface area contributed by atoms with E-state index in [0.29, 0.717) is 17.0 Å². The number of ether oxygens (including phenoxy) is 2. The molecule has 2 rings (SSSR count). The number of benzene rings is 1. The van der Waals surface area contributed by atoms with E-state index in [9.17, 15) is 18.8 Å². The molecule has 2 aromatic rings. The fraction of sp³-hybridized carbons (Fsp3) is 0.333. The van der Waals surface area contributed by atoms with E-state index < -0.39 is 35.7 Å². The van der Waals surface area contributed by atoms with Gasteiger partial charge in [0.05, 0.1) is 14.2 Å². The molecule has 0 spiro atoms. The van der Waals surface area contributed by atoms with Crippen LogP contribution >= 0.6 is 0 Å². The van der Waals surface area contributed by atoms with Crippen molar-refractivity contribution in [2.75, 3.05) is 14.2 Å². The molecule has 2 N–H and O–H groups in total. The fourth-order valence-corrected chi connectivity index (χ4v) is 2.90. The standard InChI is InChI=1S/C21H24FN3O5/c1-13(26)24-17(11-14-6-8-16(22)9-7-14)19(27)25-18(21(28)30-3)12-15-5-4-10-23-20(15)29-2/h4-10,17-18H,11-12H2,1-3H3,(H,24,26)(H,25,27)/t17-,18-/m0/s1. The van der Waals surface area contributed by atoms with Gasteiger partial charge in [-0.3, -0.25) is 9.59 Å². The van der Waals surface area contributed by atoms with Gasteiger partial charge in [-0.1, -0.05) is 18.2 Å².